The van der Waals surface area contributed by atoms with Crippen molar-refractivity contribution in [1.82, 2.24) is 0 Å². The number of ether oxygens (including phenoxy) is 1. The highest BCUT2D eigenvalue weighted by Gasteiger charge is 2.28. The molecule has 0 unspecified atom stereocenters. The molecule has 140 valence electrons. The van der Waals surface area contributed by atoms with E-state index in [1.165, 1.54) is 31.4 Å². The Morgan fingerprint density at radius 2 is 1.77 bits per heavy atom. The Morgan fingerprint density at radius 1 is 1.15 bits per heavy atom. The van der Waals surface area contributed by atoms with Gasteiger partial charge in [0.2, 0.25) is 0 Å². The topological polar surface area (TPSA) is 66.8 Å². The van der Waals surface area contributed by atoms with Gasteiger partial charge in [0.1, 0.15) is 5.75 Å². The van der Waals surface area contributed by atoms with Crippen LogP contribution in [-0.4, -0.2) is 26.1 Å². The zero-order valence-corrected chi connectivity index (χ0v) is 14.9. The maximum atomic E-state index is 12.9. The first-order chi connectivity index (χ1) is 12.3. The number of methoxy groups -OCH3 is 1. The minimum Gasteiger partial charge on any atom is -0.497 e. The summed E-state index contributed by atoms with van der Waals surface area (Å²) in [6.07, 6.45) is -1.07. The number of rotatable bonds is 8. The standard InChI is InChI=1S/C18H19F2NO4S/c1-25-17-11-9-15(10-12-17)21(26(22,23)24)16(13-18(19)20)8-7-14-5-3-2-4-6-14/h2-6,9-13,16H,7-8H2,1H3,(H,22,23,24)/t16-/m1/s1. The molecule has 1 atom stereocenters. The van der Waals surface area contributed by atoms with Crippen molar-refractivity contribution < 1.29 is 26.5 Å². The van der Waals surface area contributed by atoms with E-state index in [0.717, 1.165) is 5.56 Å². The van der Waals surface area contributed by atoms with Gasteiger partial charge in [-0.15, -0.1) is 0 Å². The summed E-state index contributed by atoms with van der Waals surface area (Å²) in [5.74, 6) is 0.470. The molecule has 2 aromatic carbocycles. The van der Waals surface area contributed by atoms with Gasteiger partial charge in [0, 0.05) is 6.08 Å². The summed E-state index contributed by atoms with van der Waals surface area (Å²) in [4.78, 5) is 0. The Bertz CT molecular complexity index is 835. The van der Waals surface area contributed by atoms with Gasteiger partial charge in [-0.05, 0) is 42.7 Å². The van der Waals surface area contributed by atoms with Gasteiger partial charge in [-0.25, -0.2) is 4.31 Å². The van der Waals surface area contributed by atoms with Crippen molar-refractivity contribution in [3.63, 3.8) is 0 Å². The van der Waals surface area contributed by atoms with Crippen LogP contribution in [0.4, 0.5) is 14.5 Å². The molecular formula is C18H19F2NO4S. The first-order valence-corrected chi connectivity index (χ1v) is 9.18. The lowest BCUT2D eigenvalue weighted by Crippen LogP contribution is -2.39. The average molecular weight is 383 g/mol. The van der Waals surface area contributed by atoms with E-state index in [1.54, 1.807) is 12.1 Å². The fourth-order valence-electron chi connectivity index (χ4n) is 2.60. The fraction of sp³-hybridized carbons (Fsp3) is 0.222. The first-order valence-electron chi connectivity index (χ1n) is 7.79. The maximum absolute atomic E-state index is 12.9. The van der Waals surface area contributed by atoms with Crippen LogP contribution in [0.15, 0.2) is 66.8 Å². The Balaban J connectivity index is 2.36. The van der Waals surface area contributed by atoms with Crippen LogP contribution in [0, 0.1) is 0 Å². The predicted octanol–water partition coefficient (Wildman–Crippen LogP) is 4.09. The first kappa shape index (κ1) is 19.9. The lowest BCUT2D eigenvalue weighted by atomic mass is 10.0. The van der Waals surface area contributed by atoms with E-state index in [1.807, 2.05) is 18.2 Å². The number of nitrogens with zero attached hydrogens (tertiary/aromatic N) is 1. The number of halogens is 2. The second-order valence-corrected chi connectivity index (χ2v) is 6.81. The molecule has 8 heteroatoms. The zero-order valence-electron chi connectivity index (χ0n) is 14.0. The summed E-state index contributed by atoms with van der Waals surface area (Å²) in [5, 5.41) is 0. The van der Waals surface area contributed by atoms with Crippen LogP contribution in [0.1, 0.15) is 12.0 Å². The molecule has 0 saturated heterocycles. The second kappa shape index (κ2) is 8.77. The molecule has 5 nitrogen and oxygen atoms in total. The molecule has 0 aliphatic rings. The normalized spacial score (nSPS) is 12.3. The molecule has 0 aliphatic heterocycles. The Morgan fingerprint density at radius 3 is 2.27 bits per heavy atom. The summed E-state index contributed by atoms with van der Waals surface area (Å²) in [6.45, 7) is 0. The third-order valence-electron chi connectivity index (χ3n) is 3.77. The third-order valence-corrected chi connectivity index (χ3v) is 4.75. The monoisotopic (exact) mass is 383 g/mol. The third kappa shape index (κ3) is 5.53. The molecule has 0 saturated carbocycles. The van der Waals surface area contributed by atoms with Gasteiger partial charge in [0.05, 0.1) is 18.8 Å². The second-order valence-electron chi connectivity index (χ2n) is 5.52. The molecule has 0 amide bonds. The van der Waals surface area contributed by atoms with Crippen LogP contribution in [0.5, 0.6) is 5.75 Å². The van der Waals surface area contributed by atoms with Crippen LogP contribution in [-0.2, 0) is 16.7 Å². The summed E-state index contributed by atoms with van der Waals surface area (Å²) in [5.41, 5.74) is 0.930. The van der Waals surface area contributed by atoms with Crippen LogP contribution in [0.2, 0.25) is 0 Å². The molecule has 2 rings (SSSR count). The van der Waals surface area contributed by atoms with E-state index in [2.05, 4.69) is 0 Å². The highest BCUT2D eigenvalue weighted by Crippen LogP contribution is 2.27. The molecule has 2 aromatic rings. The van der Waals surface area contributed by atoms with Gasteiger partial charge in [-0.1, -0.05) is 30.3 Å². The molecular weight excluding hydrogens is 364 g/mol. The Hall–Kier alpha value is -2.45. The molecule has 0 spiro atoms. The molecule has 26 heavy (non-hydrogen) atoms. The van der Waals surface area contributed by atoms with Gasteiger partial charge in [0.25, 0.3) is 6.08 Å². The maximum Gasteiger partial charge on any atom is 0.360 e. The molecule has 0 aromatic heterocycles. The van der Waals surface area contributed by atoms with Gasteiger partial charge < -0.3 is 4.74 Å². The lowest BCUT2D eigenvalue weighted by molar-refractivity contribution is 0.411. The predicted molar refractivity (Wildman–Crippen MR) is 95.9 cm³/mol. The van der Waals surface area contributed by atoms with E-state index in [0.29, 0.717) is 22.6 Å². The van der Waals surface area contributed by atoms with Gasteiger partial charge in [-0.3, -0.25) is 4.55 Å². The smallest absolute Gasteiger partial charge is 0.360 e. The summed E-state index contributed by atoms with van der Waals surface area (Å²) in [6, 6.07) is 13.6. The average Bonchev–Trinajstić information content (AvgIpc) is 2.59. The summed E-state index contributed by atoms with van der Waals surface area (Å²) in [7, 11) is -3.33. The number of hydrogen-bond donors (Lipinski definition) is 1. The largest absolute Gasteiger partial charge is 0.497 e. The highest BCUT2D eigenvalue weighted by molar-refractivity contribution is 7.87. The molecule has 0 aliphatic carbocycles. The quantitative estimate of drug-likeness (QED) is 0.698. The summed E-state index contributed by atoms with van der Waals surface area (Å²) < 4.78 is 64.9. The number of aryl methyl sites for hydroxylation is 1. The lowest BCUT2D eigenvalue weighted by Gasteiger charge is -2.28. The van der Waals surface area contributed by atoms with Crippen LogP contribution in [0.3, 0.4) is 0 Å². The van der Waals surface area contributed by atoms with Crippen molar-refractivity contribution in [1.29, 1.82) is 0 Å². The fourth-order valence-corrected chi connectivity index (χ4v) is 3.49. The number of anilines is 1. The molecule has 0 fully saturated rings. The van der Waals surface area contributed by atoms with E-state index >= 15 is 0 Å². The van der Waals surface area contributed by atoms with Crippen molar-refractivity contribution in [2.45, 2.75) is 18.9 Å². The molecule has 1 N–H and O–H groups in total. The van der Waals surface area contributed by atoms with Gasteiger partial charge >= 0.3 is 10.3 Å². The SMILES string of the molecule is COc1ccc(N([C@@H](C=C(F)F)CCc2ccccc2)S(=O)(=O)O)cc1. The van der Waals surface area contributed by atoms with Crippen molar-refractivity contribution in [2.75, 3.05) is 11.4 Å². The van der Waals surface area contributed by atoms with Crippen LogP contribution in [0.25, 0.3) is 0 Å². The van der Waals surface area contributed by atoms with Crippen molar-refractivity contribution in [3.8, 4) is 5.75 Å². The van der Waals surface area contributed by atoms with Crippen molar-refractivity contribution in [3.05, 3.63) is 72.3 Å². The van der Waals surface area contributed by atoms with Crippen LogP contribution >= 0.6 is 0 Å². The zero-order chi connectivity index (χ0) is 19.2. The van der Waals surface area contributed by atoms with Crippen molar-refractivity contribution in [2.24, 2.45) is 0 Å². The van der Waals surface area contributed by atoms with E-state index in [9.17, 15) is 21.8 Å². The van der Waals surface area contributed by atoms with E-state index in [4.69, 9.17) is 4.74 Å². The number of hydrogen-bond acceptors (Lipinski definition) is 3. The minimum atomic E-state index is -4.77. The Labute approximate surface area is 151 Å². The van der Waals surface area contributed by atoms with E-state index in [-0.39, 0.29) is 12.1 Å². The molecule has 0 bridgehead atoms. The van der Waals surface area contributed by atoms with Crippen molar-refractivity contribution >= 4 is 16.0 Å². The summed E-state index contributed by atoms with van der Waals surface area (Å²) >= 11 is 0. The highest BCUT2D eigenvalue weighted by atomic mass is 32.2. The molecule has 0 heterocycles. The molecule has 0 radical (unpaired) electrons. The minimum absolute atomic E-state index is 0.0591. The number of benzene rings is 2. The Kier molecular flexibility index (Phi) is 6.70. The van der Waals surface area contributed by atoms with Crippen LogP contribution < -0.4 is 9.04 Å². The van der Waals surface area contributed by atoms with Gasteiger partial charge in [-0.2, -0.15) is 17.2 Å². The van der Waals surface area contributed by atoms with Gasteiger partial charge in [0.15, 0.2) is 0 Å². The van der Waals surface area contributed by atoms with E-state index < -0.39 is 22.4 Å².